The van der Waals surface area contributed by atoms with Gasteiger partial charge in [-0.25, -0.2) is 0 Å². The van der Waals surface area contributed by atoms with Crippen LogP contribution in [0.1, 0.15) is 33.6 Å². The normalized spacial score (nSPS) is 12.8. The summed E-state index contributed by atoms with van der Waals surface area (Å²) >= 11 is 1.29. The average Bonchev–Trinajstić information content (AvgIpc) is 2.21. The fourth-order valence-corrected chi connectivity index (χ4v) is 2.03. The van der Waals surface area contributed by atoms with Crippen molar-refractivity contribution in [1.82, 2.24) is 5.32 Å². The first kappa shape index (κ1) is 17.8. The molecule has 6 nitrogen and oxygen atoms in total. The van der Waals surface area contributed by atoms with Gasteiger partial charge >= 0.3 is 5.97 Å². The number of carbonyl (C=O) groups is 3. The Labute approximate surface area is 117 Å². The molecule has 0 aliphatic carbocycles. The SMILES string of the molecule is CC(C)(C)C(CC(=O)O)NC(=O)CCSCC(N)=O. The first-order chi connectivity index (χ1) is 8.62. The van der Waals surface area contributed by atoms with Crippen LogP contribution in [0, 0.1) is 5.41 Å². The Morgan fingerprint density at radius 2 is 1.89 bits per heavy atom. The monoisotopic (exact) mass is 290 g/mol. The molecule has 0 aliphatic heterocycles. The largest absolute Gasteiger partial charge is 0.481 e. The number of carboxylic acids is 1. The zero-order chi connectivity index (χ0) is 15.1. The highest BCUT2D eigenvalue weighted by Crippen LogP contribution is 2.22. The van der Waals surface area contributed by atoms with Crippen molar-refractivity contribution < 1.29 is 19.5 Å². The smallest absolute Gasteiger partial charge is 0.305 e. The summed E-state index contributed by atoms with van der Waals surface area (Å²) in [5.74, 6) is -0.894. The molecule has 2 amide bonds. The fourth-order valence-electron chi connectivity index (χ4n) is 1.35. The maximum Gasteiger partial charge on any atom is 0.305 e. The zero-order valence-electron chi connectivity index (χ0n) is 11.6. The zero-order valence-corrected chi connectivity index (χ0v) is 12.4. The number of hydrogen-bond donors (Lipinski definition) is 3. The summed E-state index contributed by atoms with van der Waals surface area (Å²) < 4.78 is 0. The van der Waals surface area contributed by atoms with Crippen LogP contribution in [0.5, 0.6) is 0 Å². The molecule has 4 N–H and O–H groups in total. The van der Waals surface area contributed by atoms with Gasteiger partial charge in [0, 0.05) is 18.2 Å². The van der Waals surface area contributed by atoms with Crippen LogP contribution in [0.25, 0.3) is 0 Å². The van der Waals surface area contributed by atoms with Gasteiger partial charge in [0.2, 0.25) is 11.8 Å². The molecule has 1 unspecified atom stereocenters. The molecule has 0 spiro atoms. The van der Waals surface area contributed by atoms with E-state index < -0.39 is 17.9 Å². The second kappa shape index (κ2) is 8.04. The van der Waals surface area contributed by atoms with Gasteiger partial charge in [-0.2, -0.15) is 11.8 Å². The number of carbonyl (C=O) groups excluding carboxylic acids is 2. The second-order valence-corrected chi connectivity index (χ2v) is 6.46. The van der Waals surface area contributed by atoms with E-state index in [2.05, 4.69) is 5.32 Å². The van der Waals surface area contributed by atoms with Gasteiger partial charge in [0.1, 0.15) is 0 Å². The molecule has 1 atom stereocenters. The molecule has 110 valence electrons. The highest BCUT2D eigenvalue weighted by atomic mass is 32.2. The van der Waals surface area contributed by atoms with Crippen molar-refractivity contribution in [3.05, 3.63) is 0 Å². The summed E-state index contributed by atoms with van der Waals surface area (Å²) in [5.41, 5.74) is 4.65. The van der Waals surface area contributed by atoms with E-state index in [1.165, 1.54) is 11.8 Å². The Balaban J connectivity index is 4.17. The predicted octanol–water partition coefficient (Wildman–Crippen LogP) is 0.601. The van der Waals surface area contributed by atoms with Gasteiger partial charge in [-0.05, 0) is 5.41 Å². The van der Waals surface area contributed by atoms with Crippen molar-refractivity contribution >= 4 is 29.5 Å². The molecule has 7 heteroatoms. The first-order valence-electron chi connectivity index (χ1n) is 6.00. The van der Waals surface area contributed by atoms with Crippen LogP contribution in [0.2, 0.25) is 0 Å². The number of carboxylic acid groups (broad SMARTS) is 1. The molecular formula is C12H22N2O4S. The molecule has 0 heterocycles. The third kappa shape index (κ3) is 9.35. The maximum atomic E-state index is 11.7. The number of amides is 2. The van der Waals surface area contributed by atoms with Crippen molar-refractivity contribution in [3.63, 3.8) is 0 Å². The summed E-state index contributed by atoms with van der Waals surface area (Å²) in [6, 6.07) is -0.418. The van der Waals surface area contributed by atoms with E-state index in [1.807, 2.05) is 20.8 Å². The minimum absolute atomic E-state index is 0.107. The predicted molar refractivity (Wildman–Crippen MR) is 74.8 cm³/mol. The lowest BCUT2D eigenvalue weighted by Crippen LogP contribution is -2.45. The number of thioether (sulfide) groups is 1. The van der Waals surface area contributed by atoms with Crippen molar-refractivity contribution in [3.8, 4) is 0 Å². The summed E-state index contributed by atoms with van der Waals surface area (Å²) in [6.07, 6.45) is 0.133. The fraction of sp³-hybridized carbons (Fsp3) is 0.750. The second-order valence-electron chi connectivity index (χ2n) is 5.35. The Morgan fingerprint density at radius 3 is 2.32 bits per heavy atom. The van der Waals surface area contributed by atoms with Gasteiger partial charge in [0.15, 0.2) is 0 Å². The highest BCUT2D eigenvalue weighted by Gasteiger charge is 2.28. The third-order valence-electron chi connectivity index (χ3n) is 2.48. The van der Waals surface area contributed by atoms with E-state index in [1.54, 1.807) is 0 Å². The van der Waals surface area contributed by atoms with Gasteiger partial charge in [-0.3, -0.25) is 14.4 Å². The van der Waals surface area contributed by atoms with Crippen molar-refractivity contribution in [2.75, 3.05) is 11.5 Å². The number of nitrogens with two attached hydrogens (primary N) is 1. The summed E-state index contributed by atoms with van der Waals surface area (Å²) in [7, 11) is 0. The minimum atomic E-state index is -0.941. The standard InChI is InChI=1S/C12H22N2O4S/c1-12(2,3)8(6-11(17)18)14-10(16)4-5-19-7-9(13)15/h8H,4-7H2,1-3H3,(H2,13,15)(H,14,16)(H,17,18). The first-order valence-corrected chi connectivity index (χ1v) is 7.15. The van der Waals surface area contributed by atoms with Gasteiger partial charge in [-0.1, -0.05) is 20.8 Å². The Morgan fingerprint density at radius 1 is 1.32 bits per heavy atom. The molecular weight excluding hydrogens is 268 g/mol. The van der Waals surface area contributed by atoms with Crippen molar-refractivity contribution in [2.24, 2.45) is 11.1 Å². The quantitative estimate of drug-likeness (QED) is 0.567. The van der Waals surface area contributed by atoms with Crippen LogP contribution >= 0.6 is 11.8 Å². The Kier molecular flexibility index (Phi) is 7.51. The van der Waals surface area contributed by atoms with E-state index in [9.17, 15) is 14.4 Å². The highest BCUT2D eigenvalue weighted by molar-refractivity contribution is 7.99. The molecule has 0 bridgehead atoms. The number of nitrogens with one attached hydrogen (secondary N) is 1. The van der Waals surface area contributed by atoms with E-state index in [0.717, 1.165) is 0 Å². The average molecular weight is 290 g/mol. The molecule has 0 saturated heterocycles. The molecule has 0 aromatic heterocycles. The van der Waals surface area contributed by atoms with Gasteiger partial charge < -0.3 is 16.2 Å². The summed E-state index contributed by atoms with van der Waals surface area (Å²) in [5, 5.41) is 11.6. The molecule has 19 heavy (non-hydrogen) atoms. The van der Waals surface area contributed by atoms with Crippen LogP contribution in [0.3, 0.4) is 0 Å². The van der Waals surface area contributed by atoms with Crippen LogP contribution in [-0.4, -0.2) is 40.4 Å². The molecule has 0 saturated carbocycles. The van der Waals surface area contributed by atoms with Crippen molar-refractivity contribution in [2.45, 2.75) is 39.7 Å². The lowest BCUT2D eigenvalue weighted by molar-refractivity contribution is -0.138. The number of hydrogen-bond acceptors (Lipinski definition) is 4. The molecule has 0 aromatic carbocycles. The van der Waals surface area contributed by atoms with Gasteiger partial charge in [0.05, 0.1) is 12.2 Å². The van der Waals surface area contributed by atoms with Crippen LogP contribution in [-0.2, 0) is 14.4 Å². The van der Waals surface area contributed by atoms with E-state index in [0.29, 0.717) is 5.75 Å². The maximum absolute atomic E-state index is 11.7. The van der Waals surface area contributed by atoms with Gasteiger partial charge in [-0.15, -0.1) is 0 Å². The van der Waals surface area contributed by atoms with Crippen LogP contribution in [0.4, 0.5) is 0 Å². The molecule has 0 rings (SSSR count). The Hall–Kier alpha value is -1.24. The number of primary amides is 1. The topological polar surface area (TPSA) is 109 Å². The van der Waals surface area contributed by atoms with Crippen LogP contribution < -0.4 is 11.1 Å². The van der Waals surface area contributed by atoms with Crippen molar-refractivity contribution in [1.29, 1.82) is 0 Å². The van der Waals surface area contributed by atoms with E-state index in [-0.39, 0.29) is 29.9 Å². The molecule has 0 aliphatic rings. The van der Waals surface area contributed by atoms with Gasteiger partial charge in [0.25, 0.3) is 0 Å². The lowest BCUT2D eigenvalue weighted by Gasteiger charge is -2.30. The molecule has 0 fully saturated rings. The number of aliphatic carboxylic acids is 1. The van der Waals surface area contributed by atoms with E-state index in [4.69, 9.17) is 10.8 Å². The third-order valence-corrected chi connectivity index (χ3v) is 3.46. The minimum Gasteiger partial charge on any atom is -0.481 e. The number of rotatable bonds is 8. The van der Waals surface area contributed by atoms with E-state index >= 15 is 0 Å². The summed E-state index contributed by atoms with van der Waals surface area (Å²) in [4.78, 5) is 33.0. The lowest BCUT2D eigenvalue weighted by atomic mass is 9.84. The van der Waals surface area contributed by atoms with Crippen LogP contribution in [0.15, 0.2) is 0 Å². The summed E-state index contributed by atoms with van der Waals surface area (Å²) in [6.45, 7) is 5.63. The Bertz CT molecular complexity index is 339. The molecule has 0 aromatic rings. The molecule has 0 radical (unpaired) electrons.